The van der Waals surface area contributed by atoms with Gasteiger partial charge in [0.25, 0.3) is 0 Å². The molecule has 2 rings (SSSR count). The highest BCUT2D eigenvalue weighted by atomic mass is 127. The molecule has 0 radical (unpaired) electrons. The van der Waals surface area contributed by atoms with Crippen LogP contribution in [0.5, 0.6) is 0 Å². The fourth-order valence-electron chi connectivity index (χ4n) is 2.24. The molecule has 0 bridgehead atoms. The third-order valence-corrected chi connectivity index (χ3v) is 3.80. The van der Waals surface area contributed by atoms with Gasteiger partial charge in [-0.3, -0.25) is 9.98 Å². The fraction of sp³-hybridized carbons (Fsp3) is 0.294. The first-order chi connectivity index (χ1) is 11.1. The number of hydrogen-bond acceptors (Lipinski definition) is 2. The Morgan fingerprint density at radius 2 is 2.12 bits per heavy atom. The van der Waals surface area contributed by atoms with Gasteiger partial charge >= 0.3 is 0 Å². The van der Waals surface area contributed by atoms with E-state index in [4.69, 9.17) is 11.6 Å². The number of halogens is 3. The maximum Gasteiger partial charge on any atom is 0.193 e. The van der Waals surface area contributed by atoms with E-state index in [0.29, 0.717) is 29.6 Å². The van der Waals surface area contributed by atoms with E-state index in [0.717, 1.165) is 12.0 Å². The minimum Gasteiger partial charge on any atom is -0.356 e. The molecule has 0 aliphatic carbocycles. The second-order valence-corrected chi connectivity index (χ2v) is 5.55. The maximum atomic E-state index is 13.9. The molecule has 130 valence electrons. The van der Waals surface area contributed by atoms with Gasteiger partial charge in [-0.1, -0.05) is 23.7 Å². The maximum absolute atomic E-state index is 13.9. The molecule has 1 heterocycles. The smallest absolute Gasteiger partial charge is 0.193 e. The third kappa shape index (κ3) is 5.90. The van der Waals surface area contributed by atoms with Gasteiger partial charge in [0, 0.05) is 50.2 Å². The Morgan fingerprint density at radius 3 is 2.75 bits per heavy atom. The predicted molar refractivity (Wildman–Crippen MR) is 108 cm³/mol. The van der Waals surface area contributed by atoms with Crippen LogP contribution in [-0.2, 0) is 13.0 Å². The largest absolute Gasteiger partial charge is 0.356 e. The number of hydrogen-bond donors (Lipinski definition) is 1. The topological polar surface area (TPSA) is 40.5 Å². The second-order valence-electron chi connectivity index (χ2n) is 5.14. The van der Waals surface area contributed by atoms with Gasteiger partial charge < -0.3 is 10.2 Å². The van der Waals surface area contributed by atoms with Crippen molar-refractivity contribution in [1.29, 1.82) is 0 Å². The molecule has 1 aromatic carbocycles. The van der Waals surface area contributed by atoms with Gasteiger partial charge in [-0.15, -0.1) is 24.0 Å². The van der Waals surface area contributed by atoms with Gasteiger partial charge in [0.1, 0.15) is 5.82 Å². The van der Waals surface area contributed by atoms with Gasteiger partial charge in [0.2, 0.25) is 0 Å². The summed E-state index contributed by atoms with van der Waals surface area (Å²) in [6, 6.07) is 8.64. The van der Waals surface area contributed by atoms with Crippen LogP contribution in [0.25, 0.3) is 0 Å². The zero-order valence-electron chi connectivity index (χ0n) is 13.7. The molecule has 24 heavy (non-hydrogen) atoms. The molecule has 0 atom stereocenters. The van der Waals surface area contributed by atoms with Gasteiger partial charge in [0.15, 0.2) is 5.96 Å². The summed E-state index contributed by atoms with van der Waals surface area (Å²) in [7, 11) is 3.55. The lowest BCUT2D eigenvalue weighted by atomic mass is 10.2. The number of aromatic nitrogens is 1. The summed E-state index contributed by atoms with van der Waals surface area (Å²) >= 11 is 6.07. The molecule has 4 nitrogen and oxygen atoms in total. The van der Waals surface area contributed by atoms with Crippen molar-refractivity contribution in [3.8, 4) is 0 Å². The minimum atomic E-state index is -0.310. The number of pyridine rings is 1. The quantitative estimate of drug-likeness (QED) is 0.418. The number of guanidine groups is 1. The summed E-state index contributed by atoms with van der Waals surface area (Å²) in [6.45, 7) is 1.06. The number of nitrogens with zero attached hydrogens (tertiary/aromatic N) is 3. The average Bonchev–Trinajstić information content (AvgIpc) is 2.56. The van der Waals surface area contributed by atoms with Crippen molar-refractivity contribution in [2.24, 2.45) is 4.99 Å². The Balaban J connectivity index is 0.00000288. The minimum absolute atomic E-state index is 0. The lowest BCUT2D eigenvalue weighted by Crippen LogP contribution is -2.39. The summed E-state index contributed by atoms with van der Waals surface area (Å²) in [5.74, 6) is 0.378. The predicted octanol–water partition coefficient (Wildman–Crippen LogP) is 3.74. The first-order valence-corrected chi connectivity index (χ1v) is 7.73. The van der Waals surface area contributed by atoms with Crippen LogP contribution < -0.4 is 5.32 Å². The van der Waals surface area contributed by atoms with Crippen LogP contribution in [0.15, 0.2) is 47.7 Å². The Kier molecular flexibility index (Phi) is 8.99. The highest BCUT2D eigenvalue weighted by Crippen LogP contribution is 2.20. The molecule has 0 saturated carbocycles. The molecule has 0 saturated heterocycles. The lowest BCUT2D eigenvalue weighted by molar-refractivity contribution is 0.461. The summed E-state index contributed by atoms with van der Waals surface area (Å²) in [5.41, 5.74) is 1.61. The Bertz CT molecular complexity index is 647. The molecule has 0 aliphatic heterocycles. The van der Waals surface area contributed by atoms with Crippen molar-refractivity contribution in [3.05, 3.63) is 64.7 Å². The van der Waals surface area contributed by atoms with E-state index in [9.17, 15) is 4.39 Å². The molecule has 1 N–H and O–H groups in total. The van der Waals surface area contributed by atoms with E-state index in [-0.39, 0.29) is 29.8 Å². The molecular formula is C17H21ClFIN4. The summed E-state index contributed by atoms with van der Waals surface area (Å²) in [4.78, 5) is 10.2. The van der Waals surface area contributed by atoms with E-state index in [2.05, 4.69) is 15.3 Å². The summed E-state index contributed by atoms with van der Waals surface area (Å²) in [5, 5.41) is 3.68. The molecule has 0 unspecified atom stereocenters. The van der Waals surface area contributed by atoms with Crippen LogP contribution in [0.3, 0.4) is 0 Å². The molecule has 1 aromatic heterocycles. The van der Waals surface area contributed by atoms with Crippen LogP contribution in [0.1, 0.15) is 11.1 Å². The number of aliphatic imine (C=N–C) groups is 1. The van der Waals surface area contributed by atoms with Crippen LogP contribution >= 0.6 is 35.6 Å². The van der Waals surface area contributed by atoms with Crippen molar-refractivity contribution in [1.82, 2.24) is 15.2 Å². The molecule has 2 aromatic rings. The van der Waals surface area contributed by atoms with Crippen molar-refractivity contribution >= 4 is 41.5 Å². The Hall–Kier alpha value is -1.41. The van der Waals surface area contributed by atoms with Gasteiger partial charge in [-0.05, 0) is 30.2 Å². The third-order valence-electron chi connectivity index (χ3n) is 3.45. The highest BCUT2D eigenvalue weighted by molar-refractivity contribution is 14.0. The zero-order valence-corrected chi connectivity index (χ0v) is 16.8. The van der Waals surface area contributed by atoms with Gasteiger partial charge in [-0.2, -0.15) is 0 Å². The summed E-state index contributed by atoms with van der Waals surface area (Å²) in [6.07, 6.45) is 4.43. The normalized spacial score (nSPS) is 10.9. The van der Waals surface area contributed by atoms with Crippen molar-refractivity contribution < 1.29 is 4.39 Å². The van der Waals surface area contributed by atoms with E-state index < -0.39 is 0 Å². The van der Waals surface area contributed by atoms with Crippen molar-refractivity contribution in [3.63, 3.8) is 0 Å². The van der Waals surface area contributed by atoms with Crippen LogP contribution in [-0.4, -0.2) is 36.5 Å². The first-order valence-electron chi connectivity index (χ1n) is 7.35. The van der Waals surface area contributed by atoms with Crippen molar-refractivity contribution in [2.75, 3.05) is 20.6 Å². The van der Waals surface area contributed by atoms with Gasteiger partial charge in [0.05, 0.1) is 0 Å². The van der Waals surface area contributed by atoms with Crippen molar-refractivity contribution in [2.45, 2.75) is 13.0 Å². The molecular weight excluding hydrogens is 442 g/mol. The Labute approximate surface area is 164 Å². The van der Waals surface area contributed by atoms with E-state index in [1.165, 1.54) is 6.07 Å². The number of benzene rings is 1. The highest BCUT2D eigenvalue weighted by Gasteiger charge is 2.12. The standard InChI is InChI=1S/C17H20ClFN4.HI/c1-20-17(22-10-8-13-5-4-9-21-11-13)23(2)12-14-15(18)6-3-7-16(14)19;/h3-7,9,11H,8,10,12H2,1-2H3,(H,20,22);1H. The first kappa shape index (κ1) is 20.6. The SMILES string of the molecule is CN=C(NCCc1cccnc1)N(C)Cc1c(F)cccc1Cl.I. The van der Waals surface area contributed by atoms with Crippen LogP contribution in [0.4, 0.5) is 4.39 Å². The number of rotatable bonds is 5. The van der Waals surface area contributed by atoms with E-state index in [1.807, 2.05) is 30.3 Å². The molecule has 0 spiro atoms. The average molecular weight is 463 g/mol. The van der Waals surface area contributed by atoms with Crippen LogP contribution in [0, 0.1) is 5.82 Å². The monoisotopic (exact) mass is 462 g/mol. The van der Waals surface area contributed by atoms with E-state index >= 15 is 0 Å². The molecule has 0 fully saturated rings. The summed E-state index contributed by atoms with van der Waals surface area (Å²) < 4.78 is 13.9. The fourth-order valence-corrected chi connectivity index (χ4v) is 2.47. The Morgan fingerprint density at radius 1 is 1.33 bits per heavy atom. The van der Waals surface area contributed by atoms with Gasteiger partial charge in [-0.25, -0.2) is 4.39 Å². The number of nitrogens with one attached hydrogen (secondary N) is 1. The second kappa shape index (κ2) is 10.5. The molecule has 0 aliphatic rings. The lowest BCUT2D eigenvalue weighted by Gasteiger charge is -2.23. The van der Waals surface area contributed by atoms with E-state index in [1.54, 1.807) is 25.4 Å². The zero-order chi connectivity index (χ0) is 16.7. The molecule has 7 heteroatoms. The molecule has 0 amide bonds. The van der Waals surface area contributed by atoms with Crippen LogP contribution in [0.2, 0.25) is 5.02 Å².